The molecule has 2 rings (SSSR count). The standard InChI is InChI=1S/C18H21ClN4O3/c1-20-18(22-12-13-3-6-15(7-4-13)23(24)25)21-10-9-14-5-8-16(26-2)11-17(14)19/h3-8,11H,9-10,12H2,1-2H3,(H2,20,21,22). The van der Waals surface area contributed by atoms with Crippen LogP contribution in [0.25, 0.3) is 0 Å². The van der Waals surface area contributed by atoms with Gasteiger partial charge in [0.15, 0.2) is 5.96 Å². The molecule has 0 heterocycles. The number of non-ortho nitro benzene ring substituents is 1. The summed E-state index contributed by atoms with van der Waals surface area (Å²) in [7, 11) is 3.29. The molecule has 2 N–H and O–H groups in total. The van der Waals surface area contributed by atoms with Gasteiger partial charge in [-0.25, -0.2) is 0 Å². The number of benzene rings is 2. The maximum absolute atomic E-state index is 10.7. The molecule has 7 nitrogen and oxygen atoms in total. The maximum atomic E-state index is 10.7. The van der Waals surface area contributed by atoms with Crippen molar-refractivity contribution in [2.75, 3.05) is 20.7 Å². The van der Waals surface area contributed by atoms with Gasteiger partial charge in [-0.2, -0.15) is 0 Å². The van der Waals surface area contributed by atoms with E-state index in [2.05, 4.69) is 15.6 Å². The minimum atomic E-state index is -0.415. The lowest BCUT2D eigenvalue weighted by Crippen LogP contribution is -2.37. The lowest BCUT2D eigenvalue weighted by Gasteiger charge is -2.12. The Labute approximate surface area is 157 Å². The lowest BCUT2D eigenvalue weighted by atomic mass is 10.1. The monoisotopic (exact) mass is 376 g/mol. The first-order valence-corrected chi connectivity index (χ1v) is 8.41. The summed E-state index contributed by atoms with van der Waals surface area (Å²) in [5.41, 5.74) is 2.02. The van der Waals surface area contributed by atoms with Gasteiger partial charge >= 0.3 is 0 Å². The molecule has 0 atom stereocenters. The van der Waals surface area contributed by atoms with Crippen molar-refractivity contribution in [2.45, 2.75) is 13.0 Å². The van der Waals surface area contributed by atoms with E-state index in [1.54, 1.807) is 32.4 Å². The third kappa shape index (κ3) is 5.63. The molecule has 0 aliphatic rings. The molecule has 0 aromatic heterocycles. The zero-order chi connectivity index (χ0) is 18.9. The highest BCUT2D eigenvalue weighted by Gasteiger charge is 2.05. The van der Waals surface area contributed by atoms with Gasteiger partial charge < -0.3 is 15.4 Å². The summed E-state index contributed by atoms with van der Waals surface area (Å²) >= 11 is 6.23. The smallest absolute Gasteiger partial charge is 0.269 e. The number of nitrogens with zero attached hydrogens (tertiary/aromatic N) is 2. The van der Waals surface area contributed by atoms with Crippen molar-refractivity contribution in [3.8, 4) is 5.75 Å². The van der Waals surface area contributed by atoms with Crippen LogP contribution in [0, 0.1) is 10.1 Å². The van der Waals surface area contributed by atoms with Crippen LogP contribution in [-0.2, 0) is 13.0 Å². The third-order valence-corrected chi connectivity index (χ3v) is 4.13. The lowest BCUT2D eigenvalue weighted by molar-refractivity contribution is -0.384. The Morgan fingerprint density at radius 3 is 2.54 bits per heavy atom. The SMILES string of the molecule is CN=C(NCCc1ccc(OC)cc1Cl)NCc1ccc([N+](=O)[O-])cc1. The number of methoxy groups -OCH3 is 1. The van der Waals surface area contributed by atoms with Gasteiger partial charge in [-0.15, -0.1) is 0 Å². The molecule has 8 heteroatoms. The van der Waals surface area contributed by atoms with Crippen LogP contribution in [0.4, 0.5) is 5.69 Å². The summed E-state index contributed by atoms with van der Waals surface area (Å²) in [6.07, 6.45) is 0.737. The van der Waals surface area contributed by atoms with Crippen molar-refractivity contribution in [3.63, 3.8) is 0 Å². The quantitative estimate of drug-likeness (QED) is 0.335. The highest BCUT2D eigenvalue weighted by atomic mass is 35.5. The minimum absolute atomic E-state index is 0.0765. The fourth-order valence-corrected chi connectivity index (χ4v) is 2.58. The summed E-state index contributed by atoms with van der Waals surface area (Å²) in [6, 6.07) is 12.0. The van der Waals surface area contributed by atoms with E-state index in [1.807, 2.05) is 12.1 Å². The highest BCUT2D eigenvalue weighted by Crippen LogP contribution is 2.22. The molecule has 0 aliphatic carbocycles. The number of halogens is 1. The number of rotatable bonds is 7. The Balaban J connectivity index is 1.81. The summed E-state index contributed by atoms with van der Waals surface area (Å²) in [5.74, 6) is 1.38. The molecular formula is C18H21ClN4O3. The van der Waals surface area contributed by atoms with Crippen LogP contribution in [0.3, 0.4) is 0 Å². The van der Waals surface area contributed by atoms with E-state index in [9.17, 15) is 10.1 Å². The largest absolute Gasteiger partial charge is 0.497 e. The zero-order valence-corrected chi connectivity index (χ0v) is 15.4. The summed E-state index contributed by atoms with van der Waals surface area (Å²) in [4.78, 5) is 14.4. The van der Waals surface area contributed by atoms with Crippen molar-refractivity contribution in [1.29, 1.82) is 0 Å². The average molecular weight is 377 g/mol. The van der Waals surface area contributed by atoms with E-state index in [1.165, 1.54) is 12.1 Å². The normalized spacial score (nSPS) is 11.1. The highest BCUT2D eigenvalue weighted by molar-refractivity contribution is 6.31. The number of nitro groups is 1. The second-order valence-electron chi connectivity index (χ2n) is 5.48. The van der Waals surface area contributed by atoms with Crippen LogP contribution in [0.5, 0.6) is 5.75 Å². The van der Waals surface area contributed by atoms with Gasteiger partial charge in [0.25, 0.3) is 5.69 Å². The van der Waals surface area contributed by atoms with Crippen molar-refractivity contribution < 1.29 is 9.66 Å². The fraction of sp³-hybridized carbons (Fsp3) is 0.278. The van der Waals surface area contributed by atoms with Crippen LogP contribution >= 0.6 is 11.6 Å². The van der Waals surface area contributed by atoms with Crippen LogP contribution in [0.15, 0.2) is 47.5 Å². The molecule has 0 amide bonds. The van der Waals surface area contributed by atoms with E-state index in [4.69, 9.17) is 16.3 Å². The molecule has 0 fully saturated rings. The van der Waals surface area contributed by atoms with Gasteiger partial charge in [-0.1, -0.05) is 29.8 Å². The Hall–Kier alpha value is -2.80. The van der Waals surface area contributed by atoms with E-state index >= 15 is 0 Å². The fourth-order valence-electron chi connectivity index (χ4n) is 2.32. The van der Waals surface area contributed by atoms with E-state index in [0.29, 0.717) is 24.1 Å². The number of guanidine groups is 1. The molecule has 0 saturated heterocycles. The predicted octanol–water partition coefficient (Wildman–Crippen LogP) is 3.16. The first-order valence-electron chi connectivity index (χ1n) is 8.03. The topological polar surface area (TPSA) is 88.8 Å². The second-order valence-corrected chi connectivity index (χ2v) is 5.89. The third-order valence-electron chi connectivity index (χ3n) is 3.78. The van der Waals surface area contributed by atoms with Crippen LogP contribution in [0.1, 0.15) is 11.1 Å². The molecule has 0 radical (unpaired) electrons. The number of hydrogen-bond acceptors (Lipinski definition) is 4. The van der Waals surface area contributed by atoms with Crippen molar-refractivity contribution in [3.05, 3.63) is 68.7 Å². The summed E-state index contributed by atoms with van der Waals surface area (Å²) < 4.78 is 5.14. The van der Waals surface area contributed by atoms with E-state index in [0.717, 1.165) is 23.3 Å². The maximum Gasteiger partial charge on any atom is 0.269 e. The van der Waals surface area contributed by atoms with E-state index < -0.39 is 4.92 Å². The second kappa shape index (κ2) is 9.62. The average Bonchev–Trinajstić information content (AvgIpc) is 2.65. The molecule has 0 aliphatic heterocycles. The first-order chi connectivity index (χ1) is 12.5. The van der Waals surface area contributed by atoms with Crippen molar-refractivity contribution in [1.82, 2.24) is 10.6 Å². The minimum Gasteiger partial charge on any atom is -0.497 e. The Morgan fingerprint density at radius 2 is 1.96 bits per heavy atom. The Bertz CT molecular complexity index is 779. The van der Waals surface area contributed by atoms with Crippen molar-refractivity contribution >= 4 is 23.2 Å². The zero-order valence-electron chi connectivity index (χ0n) is 14.7. The Morgan fingerprint density at radius 1 is 1.23 bits per heavy atom. The van der Waals surface area contributed by atoms with Gasteiger partial charge in [0.2, 0.25) is 0 Å². The number of ether oxygens (including phenoxy) is 1. The molecular weight excluding hydrogens is 356 g/mol. The molecule has 26 heavy (non-hydrogen) atoms. The molecule has 138 valence electrons. The summed E-state index contributed by atoms with van der Waals surface area (Å²) in [5, 5.41) is 17.7. The van der Waals surface area contributed by atoms with Gasteiger partial charge in [0.05, 0.1) is 12.0 Å². The van der Waals surface area contributed by atoms with Gasteiger partial charge in [0.1, 0.15) is 5.75 Å². The van der Waals surface area contributed by atoms with Gasteiger partial charge in [-0.3, -0.25) is 15.1 Å². The molecule has 2 aromatic rings. The Kier molecular flexibility index (Phi) is 7.23. The van der Waals surface area contributed by atoms with Crippen LogP contribution in [-0.4, -0.2) is 31.6 Å². The number of nitrogens with one attached hydrogen (secondary N) is 2. The van der Waals surface area contributed by atoms with Gasteiger partial charge in [0, 0.05) is 37.3 Å². The summed E-state index contributed by atoms with van der Waals surface area (Å²) in [6.45, 7) is 1.17. The molecule has 2 aromatic carbocycles. The number of aliphatic imine (C=N–C) groups is 1. The van der Waals surface area contributed by atoms with Crippen LogP contribution < -0.4 is 15.4 Å². The first kappa shape index (κ1) is 19.5. The van der Waals surface area contributed by atoms with E-state index in [-0.39, 0.29) is 5.69 Å². The predicted molar refractivity (Wildman–Crippen MR) is 103 cm³/mol. The molecule has 0 saturated carbocycles. The number of hydrogen-bond donors (Lipinski definition) is 2. The molecule has 0 unspecified atom stereocenters. The molecule has 0 spiro atoms. The van der Waals surface area contributed by atoms with Crippen LogP contribution in [0.2, 0.25) is 5.02 Å². The van der Waals surface area contributed by atoms with Gasteiger partial charge in [-0.05, 0) is 29.7 Å². The molecule has 0 bridgehead atoms. The number of nitro benzene ring substituents is 1. The van der Waals surface area contributed by atoms with Crippen molar-refractivity contribution in [2.24, 2.45) is 4.99 Å².